The topological polar surface area (TPSA) is 27.7 Å². The summed E-state index contributed by atoms with van der Waals surface area (Å²) in [6.45, 7) is 0. The van der Waals surface area contributed by atoms with Crippen LogP contribution < -0.4 is 0 Å². The lowest BCUT2D eigenvalue weighted by Gasteiger charge is -2.26. The van der Waals surface area contributed by atoms with Crippen molar-refractivity contribution in [2.45, 2.75) is 31.7 Å². The molecule has 0 radical (unpaired) electrons. The first kappa shape index (κ1) is 11.9. The average Bonchev–Trinajstić information content (AvgIpc) is 2.28. The van der Waals surface area contributed by atoms with Crippen LogP contribution >= 0.6 is 0 Å². The van der Waals surface area contributed by atoms with Gasteiger partial charge in [0.05, 0.1) is 0 Å². The van der Waals surface area contributed by atoms with Crippen LogP contribution in [0.2, 0.25) is 6.04 Å². The molecule has 0 saturated carbocycles. The molecule has 1 aliphatic rings. The standard InChI is InChI=1S/C10H20O3Si/c1-11-14(12-2,13-3)9-10-7-5-4-6-8-10/h7H,4-6,8-9H2,1-3H3. The van der Waals surface area contributed by atoms with Gasteiger partial charge in [0, 0.05) is 27.4 Å². The van der Waals surface area contributed by atoms with Crippen LogP contribution in [0.3, 0.4) is 0 Å². The molecule has 0 aliphatic heterocycles. The van der Waals surface area contributed by atoms with Gasteiger partial charge >= 0.3 is 8.80 Å². The quantitative estimate of drug-likeness (QED) is 0.521. The first-order chi connectivity index (χ1) is 6.76. The second-order valence-corrected chi connectivity index (χ2v) is 6.52. The molecule has 3 nitrogen and oxygen atoms in total. The Morgan fingerprint density at radius 2 is 1.79 bits per heavy atom. The van der Waals surface area contributed by atoms with Gasteiger partial charge in [0.2, 0.25) is 0 Å². The van der Waals surface area contributed by atoms with Gasteiger partial charge in [0.1, 0.15) is 0 Å². The fourth-order valence-electron chi connectivity index (χ4n) is 1.81. The maximum absolute atomic E-state index is 5.39. The Bertz CT molecular complexity index is 191. The molecule has 0 bridgehead atoms. The summed E-state index contributed by atoms with van der Waals surface area (Å²) < 4.78 is 16.2. The van der Waals surface area contributed by atoms with E-state index in [0.717, 1.165) is 6.04 Å². The molecule has 1 rings (SSSR count). The largest absolute Gasteiger partial charge is 0.504 e. The molecule has 0 spiro atoms. The van der Waals surface area contributed by atoms with Crippen LogP contribution in [0.5, 0.6) is 0 Å². The van der Waals surface area contributed by atoms with Gasteiger partial charge in [-0.2, -0.15) is 0 Å². The average molecular weight is 216 g/mol. The second-order valence-electron chi connectivity index (χ2n) is 3.58. The van der Waals surface area contributed by atoms with E-state index in [-0.39, 0.29) is 0 Å². The van der Waals surface area contributed by atoms with Crippen molar-refractivity contribution in [3.63, 3.8) is 0 Å². The van der Waals surface area contributed by atoms with E-state index in [0.29, 0.717) is 0 Å². The molecule has 0 fully saturated rings. The van der Waals surface area contributed by atoms with Crippen molar-refractivity contribution in [2.24, 2.45) is 0 Å². The SMILES string of the molecule is CO[Si](CC1=CCCCC1)(OC)OC. The second kappa shape index (κ2) is 5.65. The van der Waals surface area contributed by atoms with Gasteiger partial charge < -0.3 is 13.3 Å². The molecule has 0 unspecified atom stereocenters. The Labute approximate surface area is 87.4 Å². The van der Waals surface area contributed by atoms with Crippen LogP contribution in [0.15, 0.2) is 11.6 Å². The van der Waals surface area contributed by atoms with Crippen molar-refractivity contribution in [3.05, 3.63) is 11.6 Å². The summed E-state index contributed by atoms with van der Waals surface area (Å²) in [5, 5.41) is 0. The minimum absolute atomic E-state index is 0.844. The van der Waals surface area contributed by atoms with E-state index in [1.165, 1.54) is 31.3 Å². The number of hydrogen-bond donors (Lipinski definition) is 0. The van der Waals surface area contributed by atoms with Gasteiger partial charge in [-0.1, -0.05) is 11.6 Å². The van der Waals surface area contributed by atoms with Gasteiger partial charge in [0.15, 0.2) is 0 Å². The van der Waals surface area contributed by atoms with Crippen molar-refractivity contribution in [1.29, 1.82) is 0 Å². The summed E-state index contributed by atoms with van der Waals surface area (Å²) in [6, 6.07) is 0.844. The number of hydrogen-bond acceptors (Lipinski definition) is 3. The highest BCUT2D eigenvalue weighted by atomic mass is 28.4. The Balaban J connectivity index is 2.57. The Hall–Kier alpha value is -0.163. The van der Waals surface area contributed by atoms with E-state index in [1.807, 2.05) is 0 Å². The normalized spacial score (nSPS) is 18.1. The summed E-state index contributed by atoms with van der Waals surface area (Å²) >= 11 is 0. The molecule has 0 N–H and O–H groups in total. The van der Waals surface area contributed by atoms with Crippen LogP contribution in [0.4, 0.5) is 0 Å². The molecule has 0 aromatic carbocycles. The zero-order valence-electron chi connectivity index (χ0n) is 9.34. The monoisotopic (exact) mass is 216 g/mol. The fraction of sp³-hybridized carbons (Fsp3) is 0.800. The molecular weight excluding hydrogens is 196 g/mol. The highest BCUT2D eigenvalue weighted by Crippen LogP contribution is 2.26. The van der Waals surface area contributed by atoms with E-state index < -0.39 is 8.80 Å². The van der Waals surface area contributed by atoms with E-state index in [2.05, 4.69) is 6.08 Å². The van der Waals surface area contributed by atoms with Crippen molar-refractivity contribution < 1.29 is 13.3 Å². The van der Waals surface area contributed by atoms with Gasteiger partial charge in [-0.05, 0) is 25.7 Å². The molecule has 82 valence electrons. The lowest BCUT2D eigenvalue weighted by atomic mass is 10.0. The van der Waals surface area contributed by atoms with E-state index in [1.54, 1.807) is 21.3 Å². The molecule has 0 saturated heterocycles. The molecule has 4 heteroatoms. The molecule has 0 aromatic rings. The van der Waals surface area contributed by atoms with Gasteiger partial charge in [-0.25, -0.2) is 0 Å². The lowest BCUT2D eigenvalue weighted by molar-refractivity contribution is 0.126. The predicted octanol–water partition coefficient (Wildman–Crippen LogP) is 2.36. The Morgan fingerprint density at radius 3 is 2.21 bits per heavy atom. The third kappa shape index (κ3) is 2.92. The smallest absolute Gasteiger partial charge is 0.377 e. The maximum atomic E-state index is 5.39. The summed E-state index contributed by atoms with van der Waals surface area (Å²) in [5.41, 5.74) is 1.44. The molecule has 0 amide bonds. The molecule has 0 aromatic heterocycles. The van der Waals surface area contributed by atoms with Crippen LogP contribution in [-0.2, 0) is 13.3 Å². The van der Waals surface area contributed by atoms with E-state index in [9.17, 15) is 0 Å². The van der Waals surface area contributed by atoms with Gasteiger partial charge in [-0.3, -0.25) is 0 Å². The van der Waals surface area contributed by atoms with Gasteiger partial charge in [-0.15, -0.1) is 0 Å². The first-order valence-electron chi connectivity index (χ1n) is 5.09. The Kier molecular flexibility index (Phi) is 4.81. The van der Waals surface area contributed by atoms with Crippen molar-refractivity contribution >= 4 is 8.80 Å². The van der Waals surface area contributed by atoms with Crippen LogP contribution in [0, 0.1) is 0 Å². The van der Waals surface area contributed by atoms with Crippen molar-refractivity contribution in [3.8, 4) is 0 Å². The minimum atomic E-state index is -2.37. The van der Waals surface area contributed by atoms with Crippen molar-refractivity contribution in [1.82, 2.24) is 0 Å². The Morgan fingerprint density at radius 1 is 1.14 bits per heavy atom. The highest BCUT2D eigenvalue weighted by Gasteiger charge is 2.38. The summed E-state index contributed by atoms with van der Waals surface area (Å²) in [7, 11) is 2.63. The van der Waals surface area contributed by atoms with E-state index >= 15 is 0 Å². The summed E-state index contributed by atoms with van der Waals surface area (Å²) in [4.78, 5) is 0. The highest BCUT2D eigenvalue weighted by molar-refractivity contribution is 6.61. The fourth-order valence-corrected chi connectivity index (χ4v) is 3.62. The zero-order valence-corrected chi connectivity index (χ0v) is 10.3. The molecule has 0 heterocycles. The molecule has 1 aliphatic carbocycles. The lowest BCUT2D eigenvalue weighted by Crippen LogP contribution is -2.43. The maximum Gasteiger partial charge on any atom is 0.504 e. The molecular formula is C10H20O3Si. The predicted molar refractivity (Wildman–Crippen MR) is 58.1 cm³/mol. The zero-order chi connectivity index (χ0) is 10.4. The summed E-state index contributed by atoms with van der Waals surface area (Å²) in [5.74, 6) is 0. The number of rotatable bonds is 5. The minimum Gasteiger partial charge on any atom is -0.377 e. The molecule has 0 atom stereocenters. The van der Waals surface area contributed by atoms with Crippen LogP contribution in [0.1, 0.15) is 25.7 Å². The number of allylic oxidation sites excluding steroid dienone is 2. The van der Waals surface area contributed by atoms with Crippen molar-refractivity contribution in [2.75, 3.05) is 21.3 Å². The summed E-state index contributed by atoms with van der Waals surface area (Å²) in [6.07, 6.45) is 7.27. The molecule has 14 heavy (non-hydrogen) atoms. The van der Waals surface area contributed by atoms with E-state index in [4.69, 9.17) is 13.3 Å². The third-order valence-electron chi connectivity index (χ3n) is 2.76. The van der Waals surface area contributed by atoms with Crippen LogP contribution in [0.25, 0.3) is 0 Å². The third-order valence-corrected chi connectivity index (χ3v) is 5.51. The van der Waals surface area contributed by atoms with Crippen LogP contribution in [-0.4, -0.2) is 30.1 Å². The van der Waals surface area contributed by atoms with Gasteiger partial charge in [0.25, 0.3) is 0 Å². The first-order valence-corrected chi connectivity index (χ1v) is 7.03.